The zero-order valence-corrected chi connectivity index (χ0v) is 19.7. The summed E-state index contributed by atoms with van der Waals surface area (Å²) in [5.74, 6) is -1.36. The van der Waals surface area contributed by atoms with Gasteiger partial charge in [-0.25, -0.2) is 9.50 Å². The first-order chi connectivity index (χ1) is 16.1. The smallest absolute Gasteiger partial charge is 0.372 e. The minimum absolute atomic E-state index is 0.0476. The fourth-order valence-electron chi connectivity index (χ4n) is 4.44. The Kier molecular flexibility index (Phi) is 6.77. The van der Waals surface area contributed by atoms with Crippen molar-refractivity contribution in [2.45, 2.75) is 58.7 Å². The van der Waals surface area contributed by atoms with E-state index in [9.17, 15) is 18.0 Å². The highest BCUT2D eigenvalue weighted by molar-refractivity contribution is 5.76. The Morgan fingerprint density at radius 3 is 2.38 bits per heavy atom. The minimum atomic E-state index is -4.64. The predicted molar refractivity (Wildman–Crippen MR) is 123 cm³/mol. The number of hydrogen-bond donors (Lipinski definition) is 0. The van der Waals surface area contributed by atoms with Crippen molar-refractivity contribution in [3.8, 4) is 0 Å². The number of amides is 1. The molecule has 1 saturated heterocycles. The number of nitrogens with zero attached hydrogens (tertiary/aromatic N) is 6. The van der Waals surface area contributed by atoms with Gasteiger partial charge in [-0.15, -0.1) is 5.10 Å². The zero-order chi connectivity index (χ0) is 24.5. The third-order valence-electron chi connectivity index (χ3n) is 6.39. The van der Waals surface area contributed by atoms with E-state index in [0.29, 0.717) is 29.9 Å². The molecule has 0 spiro atoms. The number of carbonyl (C=O) groups excluding carboxylic acids is 1. The Morgan fingerprint density at radius 2 is 1.74 bits per heavy atom. The lowest BCUT2D eigenvalue weighted by atomic mass is 10.1. The number of aromatic nitrogens is 4. The third kappa shape index (κ3) is 5.15. The van der Waals surface area contributed by atoms with Crippen LogP contribution >= 0.6 is 0 Å². The molecule has 0 atom stereocenters. The molecule has 0 radical (unpaired) electrons. The van der Waals surface area contributed by atoms with Gasteiger partial charge in [0.2, 0.25) is 5.91 Å². The molecule has 0 unspecified atom stereocenters. The maximum Gasteiger partial charge on any atom is 0.453 e. The van der Waals surface area contributed by atoms with Gasteiger partial charge in [-0.05, 0) is 62.8 Å². The van der Waals surface area contributed by atoms with Gasteiger partial charge in [-0.3, -0.25) is 4.79 Å². The van der Waals surface area contributed by atoms with Crippen molar-refractivity contribution in [3.05, 3.63) is 52.6 Å². The Hall–Kier alpha value is -3.17. The van der Waals surface area contributed by atoms with Gasteiger partial charge in [0.1, 0.15) is 0 Å². The average molecular weight is 475 g/mol. The van der Waals surface area contributed by atoms with Crippen molar-refractivity contribution in [1.29, 1.82) is 0 Å². The van der Waals surface area contributed by atoms with Gasteiger partial charge in [0, 0.05) is 50.2 Å². The number of fused-ring (bicyclic) bond motifs is 1. The first-order valence-corrected chi connectivity index (χ1v) is 11.5. The largest absolute Gasteiger partial charge is 0.453 e. The van der Waals surface area contributed by atoms with Crippen LogP contribution < -0.4 is 4.90 Å². The van der Waals surface area contributed by atoms with Crippen molar-refractivity contribution in [1.82, 2.24) is 24.5 Å². The van der Waals surface area contributed by atoms with E-state index >= 15 is 0 Å². The number of anilines is 1. The van der Waals surface area contributed by atoms with Crippen molar-refractivity contribution in [2.24, 2.45) is 0 Å². The lowest BCUT2D eigenvalue weighted by Crippen LogP contribution is -2.29. The van der Waals surface area contributed by atoms with Crippen LogP contribution in [-0.4, -0.2) is 50.5 Å². The summed E-state index contributed by atoms with van der Waals surface area (Å²) in [4.78, 5) is 24.5. The monoisotopic (exact) mass is 474 g/mol. The summed E-state index contributed by atoms with van der Waals surface area (Å²) in [5, 5.41) is 3.56. The number of halogens is 3. The number of hydrogen-bond acceptors (Lipinski definition) is 5. The Labute approximate surface area is 196 Å². The number of carbonyl (C=O) groups is 1. The molecule has 1 fully saturated rings. The topological polar surface area (TPSA) is 66.6 Å². The molecule has 0 bridgehead atoms. The van der Waals surface area contributed by atoms with Crippen LogP contribution in [0.25, 0.3) is 5.78 Å². The molecule has 1 aromatic carbocycles. The molecule has 7 nitrogen and oxygen atoms in total. The molecule has 1 amide bonds. The van der Waals surface area contributed by atoms with E-state index in [1.54, 1.807) is 25.8 Å². The fourth-order valence-corrected chi connectivity index (χ4v) is 4.44. The van der Waals surface area contributed by atoms with Crippen LogP contribution in [0.4, 0.5) is 18.9 Å². The highest BCUT2D eigenvalue weighted by Crippen LogP contribution is 2.27. The molecule has 10 heteroatoms. The second kappa shape index (κ2) is 9.60. The SMILES string of the molecule is Cc1nc2nc(C(F)(F)F)nn2c(C)c1CCC(=O)N(C)Cc1ccc(N2CCCCC2)cc1. The number of rotatable bonds is 6. The van der Waals surface area contributed by atoms with Crippen LogP contribution in [0.2, 0.25) is 0 Å². The van der Waals surface area contributed by atoms with Gasteiger partial charge in [0.15, 0.2) is 0 Å². The summed E-state index contributed by atoms with van der Waals surface area (Å²) in [6.07, 6.45) is -0.324. The Balaban J connectivity index is 1.39. The van der Waals surface area contributed by atoms with Crippen LogP contribution in [-0.2, 0) is 23.9 Å². The van der Waals surface area contributed by atoms with Crippen LogP contribution in [0.15, 0.2) is 24.3 Å². The van der Waals surface area contributed by atoms with Gasteiger partial charge < -0.3 is 9.80 Å². The maximum atomic E-state index is 13.0. The van der Waals surface area contributed by atoms with Gasteiger partial charge in [0.05, 0.1) is 0 Å². The fraction of sp³-hybridized carbons (Fsp3) is 0.500. The molecular weight excluding hydrogens is 445 g/mol. The molecule has 3 heterocycles. The number of piperidine rings is 1. The Bertz CT molecular complexity index is 1170. The predicted octanol–water partition coefficient (Wildman–Crippen LogP) is 4.34. The average Bonchev–Trinajstić information content (AvgIpc) is 3.25. The third-order valence-corrected chi connectivity index (χ3v) is 6.39. The Morgan fingerprint density at radius 1 is 1.06 bits per heavy atom. The van der Waals surface area contributed by atoms with E-state index in [4.69, 9.17) is 0 Å². The summed E-state index contributed by atoms with van der Waals surface area (Å²) in [5.41, 5.74) is 4.03. The quantitative estimate of drug-likeness (QED) is 0.532. The van der Waals surface area contributed by atoms with Crippen LogP contribution in [0.3, 0.4) is 0 Å². The normalized spacial score (nSPS) is 14.6. The van der Waals surface area contributed by atoms with E-state index in [-0.39, 0.29) is 18.1 Å². The van der Waals surface area contributed by atoms with E-state index in [1.807, 2.05) is 0 Å². The molecule has 2 aromatic heterocycles. The van der Waals surface area contributed by atoms with Crippen molar-refractivity contribution < 1.29 is 18.0 Å². The number of aryl methyl sites for hydroxylation is 2. The maximum absolute atomic E-state index is 13.0. The molecule has 1 aliphatic rings. The lowest BCUT2D eigenvalue weighted by molar-refractivity contribution is -0.144. The van der Waals surface area contributed by atoms with Gasteiger partial charge in [-0.2, -0.15) is 18.2 Å². The summed E-state index contributed by atoms with van der Waals surface area (Å²) < 4.78 is 40.0. The zero-order valence-electron chi connectivity index (χ0n) is 19.7. The molecule has 0 saturated carbocycles. The van der Waals surface area contributed by atoms with Crippen molar-refractivity contribution in [2.75, 3.05) is 25.0 Å². The molecule has 4 rings (SSSR count). The molecule has 182 valence electrons. The van der Waals surface area contributed by atoms with Gasteiger partial charge in [-0.1, -0.05) is 12.1 Å². The second-order valence-electron chi connectivity index (χ2n) is 8.87. The van der Waals surface area contributed by atoms with Crippen LogP contribution in [0.5, 0.6) is 0 Å². The molecule has 1 aliphatic heterocycles. The summed E-state index contributed by atoms with van der Waals surface area (Å²) in [6, 6.07) is 8.34. The molecule has 3 aromatic rings. The van der Waals surface area contributed by atoms with Crippen molar-refractivity contribution >= 4 is 17.4 Å². The van der Waals surface area contributed by atoms with E-state index in [2.05, 4.69) is 44.2 Å². The minimum Gasteiger partial charge on any atom is -0.372 e. The van der Waals surface area contributed by atoms with Crippen LogP contribution in [0, 0.1) is 13.8 Å². The van der Waals surface area contributed by atoms with Crippen molar-refractivity contribution in [3.63, 3.8) is 0 Å². The van der Waals surface area contributed by atoms with E-state index in [1.165, 1.54) is 24.9 Å². The molecule has 34 heavy (non-hydrogen) atoms. The highest BCUT2D eigenvalue weighted by atomic mass is 19.4. The van der Waals surface area contributed by atoms with Crippen LogP contribution in [0.1, 0.15) is 54.0 Å². The lowest BCUT2D eigenvalue weighted by Gasteiger charge is -2.29. The van der Waals surface area contributed by atoms with Gasteiger partial charge >= 0.3 is 6.18 Å². The number of alkyl halides is 3. The summed E-state index contributed by atoms with van der Waals surface area (Å²) in [6.45, 7) is 6.05. The first-order valence-electron chi connectivity index (χ1n) is 11.5. The molecular formula is C24H29F3N6O. The molecule has 0 aliphatic carbocycles. The highest BCUT2D eigenvalue weighted by Gasteiger charge is 2.37. The standard InChI is InChI=1S/C24H29F3N6O/c1-16-20(17(2)33-23(28-16)29-22(30-33)24(25,26)27)11-12-21(34)31(3)15-18-7-9-19(10-8-18)32-13-5-4-6-14-32/h7-10H,4-6,11-15H2,1-3H3. The van der Waals surface area contributed by atoms with E-state index in [0.717, 1.165) is 23.2 Å². The summed E-state index contributed by atoms with van der Waals surface area (Å²) in [7, 11) is 1.76. The summed E-state index contributed by atoms with van der Waals surface area (Å²) >= 11 is 0. The molecule has 0 N–H and O–H groups in total. The van der Waals surface area contributed by atoms with Gasteiger partial charge in [0.25, 0.3) is 11.6 Å². The number of benzene rings is 1. The van der Waals surface area contributed by atoms with E-state index < -0.39 is 12.0 Å². The first kappa shape index (κ1) is 24.0. The second-order valence-corrected chi connectivity index (χ2v) is 8.87.